The van der Waals surface area contributed by atoms with Crippen molar-refractivity contribution in [3.05, 3.63) is 28.7 Å². The first-order valence-corrected chi connectivity index (χ1v) is 19.2. The van der Waals surface area contributed by atoms with Crippen LogP contribution >= 0.6 is 0 Å². The number of carbonyl (C=O) groups excluding carboxylic acids is 1. The summed E-state index contributed by atoms with van der Waals surface area (Å²) < 4.78 is 50.9. The van der Waals surface area contributed by atoms with E-state index in [0.717, 1.165) is 31.1 Å². The van der Waals surface area contributed by atoms with Gasteiger partial charge in [0.15, 0.2) is 0 Å². The van der Waals surface area contributed by atoms with E-state index in [-0.39, 0.29) is 23.4 Å². The Morgan fingerprint density at radius 2 is 1.57 bits per heavy atom. The fourth-order valence-electron chi connectivity index (χ4n) is 5.94. The fourth-order valence-corrected chi connectivity index (χ4v) is 7.48. The molecule has 16 heteroatoms. The Morgan fingerprint density at radius 1 is 0.918 bits per heavy atom. The molecule has 2 fully saturated rings. The highest BCUT2D eigenvalue weighted by Gasteiger charge is 2.28. The average molecular weight is 710 g/mol. The molecule has 1 saturated heterocycles. The summed E-state index contributed by atoms with van der Waals surface area (Å²) in [4.78, 5) is 33.4. The Morgan fingerprint density at radius 3 is 2.24 bits per heavy atom. The highest BCUT2D eigenvalue weighted by molar-refractivity contribution is 7.89. The summed E-state index contributed by atoms with van der Waals surface area (Å²) >= 11 is 0. The maximum absolute atomic E-state index is 13.0. The number of anilines is 1. The first kappa shape index (κ1) is 38.9. The number of hydrogen-bond donors (Lipinski definition) is 3. The summed E-state index contributed by atoms with van der Waals surface area (Å²) in [5, 5.41) is 10.1. The summed E-state index contributed by atoms with van der Waals surface area (Å²) in [6, 6.07) is 3.60. The maximum atomic E-state index is 13.0. The highest BCUT2D eigenvalue weighted by atomic mass is 32.2. The average Bonchev–Trinajstić information content (AvgIpc) is 3.58. The van der Waals surface area contributed by atoms with E-state index in [1.807, 2.05) is 25.3 Å². The molecule has 0 atom stereocenters. The summed E-state index contributed by atoms with van der Waals surface area (Å²) in [6.07, 6.45) is 7.33. The van der Waals surface area contributed by atoms with Crippen LogP contribution in [0, 0.1) is 0 Å². The van der Waals surface area contributed by atoms with Gasteiger partial charge in [0.25, 0.3) is 5.56 Å². The Kier molecular flexibility index (Phi) is 15.5. The number of aromatic nitrogens is 3. The molecule has 3 N–H and O–H groups in total. The van der Waals surface area contributed by atoms with Crippen molar-refractivity contribution in [2.75, 3.05) is 83.4 Å². The monoisotopic (exact) mass is 709 g/mol. The highest BCUT2D eigenvalue weighted by Crippen LogP contribution is 2.30. The molecule has 2 aromatic rings. The van der Waals surface area contributed by atoms with Crippen molar-refractivity contribution in [3.8, 4) is 0 Å². The third kappa shape index (κ3) is 13.4. The standard InChI is InChI=1S/C33H55N7O8S/c1-33(2,3)48-32(42)35-15-19-46-21-23-47-22-20-45-18-14-34-13-6-24-49(43,44)39-16-11-27(12-17-39)37-31-36-25-26-9-10-29(41)40(30(26)38-31)28-7-4-5-8-28/h9-10,25,27-28,34H,4-8,11-24H2,1-3H3,(H,35,42)(H,36,37,38). The third-order valence-corrected chi connectivity index (χ3v) is 10.3. The lowest BCUT2D eigenvalue weighted by atomic mass is 10.1. The van der Waals surface area contributed by atoms with Gasteiger partial charge in [-0.2, -0.15) is 4.98 Å². The quantitative estimate of drug-likeness (QED) is 0.172. The van der Waals surface area contributed by atoms with E-state index in [9.17, 15) is 18.0 Å². The molecule has 0 spiro atoms. The number of piperidine rings is 1. The molecular formula is C33H55N7O8S. The number of nitrogens with one attached hydrogen (secondary N) is 3. The molecule has 0 aromatic carbocycles. The predicted octanol–water partition coefficient (Wildman–Crippen LogP) is 2.67. The predicted molar refractivity (Wildman–Crippen MR) is 187 cm³/mol. The number of fused-ring (bicyclic) bond motifs is 1. The van der Waals surface area contributed by atoms with Crippen LogP contribution in [-0.4, -0.2) is 123 Å². The fraction of sp³-hybridized carbons (Fsp3) is 0.758. The largest absolute Gasteiger partial charge is 0.444 e. The van der Waals surface area contributed by atoms with E-state index in [1.54, 1.807) is 22.6 Å². The first-order chi connectivity index (χ1) is 23.5. The zero-order valence-electron chi connectivity index (χ0n) is 29.3. The van der Waals surface area contributed by atoms with Crippen LogP contribution in [0.1, 0.15) is 71.8 Å². The number of alkyl carbamates (subject to hydrolysis) is 1. The number of carbonyl (C=O) groups is 1. The third-order valence-electron chi connectivity index (χ3n) is 8.38. The van der Waals surface area contributed by atoms with Gasteiger partial charge in [0.2, 0.25) is 16.0 Å². The molecule has 1 saturated carbocycles. The molecule has 276 valence electrons. The molecule has 0 unspecified atom stereocenters. The van der Waals surface area contributed by atoms with Crippen LogP contribution in [0.3, 0.4) is 0 Å². The first-order valence-electron chi connectivity index (χ1n) is 17.6. The van der Waals surface area contributed by atoms with Crippen LogP contribution in [0.4, 0.5) is 10.7 Å². The Hall–Kier alpha value is -2.89. The van der Waals surface area contributed by atoms with Crippen LogP contribution in [0.2, 0.25) is 0 Å². The molecule has 1 aliphatic carbocycles. The van der Waals surface area contributed by atoms with Crippen molar-refractivity contribution in [2.24, 2.45) is 0 Å². The number of rotatable bonds is 20. The van der Waals surface area contributed by atoms with E-state index in [1.165, 1.54) is 0 Å². The SMILES string of the molecule is CC(C)(C)OC(=O)NCCOCCOCCOCCNCCCS(=O)(=O)N1CCC(Nc2ncc3ccc(=O)n(C4CCCC4)c3n2)CC1. The van der Waals surface area contributed by atoms with Crippen molar-refractivity contribution >= 4 is 33.1 Å². The Balaban J connectivity index is 1.01. The smallest absolute Gasteiger partial charge is 0.407 e. The van der Waals surface area contributed by atoms with Gasteiger partial charge in [-0.15, -0.1) is 0 Å². The van der Waals surface area contributed by atoms with Gasteiger partial charge >= 0.3 is 6.09 Å². The van der Waals surface area contributed by atoms with Crippen molar-refractivity contribution in [3.63, 3.8) is 0 Å². The number of sulfonamides is 1. The topological polar surface area (TPSA) is 175 Å². The van der Waals surface area contributed by atoms with Gasteiger partial charge in [0.05, 0.1) is 45.4 Å². The number of amides is 1. The van der Waals surface area contributed by atoms with E-state index in [2.05, 4.69) is 20.9 Å². The molecular weight excluding hydrogens is 654 g/mol. The molecule has 0 radical (unpaired) electrons. The minimum absolute atomic E-state index is 0.0318. The molecule has 2 aromatic heterocycles. The van der Waals surface area contributed by atoms with Crippen molar-refractivity contribution in [1.29, 1.82) is 0 Å². The van der Waals surface area contributed by atoms with Crippen LogP contribution in [0.15, 0.2) is 23.1 Å². The molecule has 4 rings (SSSR count). The zero-order chi connectivity index (χ0) is 35.1. The molecule has 0 bridgehead atoms. The minimum Gasteiger partial charge on any atom is -0.444 e. The molecule has 3 heterocycles. The molecule has 1 aliphatic heterocycles. The zero-order valence-corrected chi connectivity index (χ0v) is 30.1. The second kappa shape index (κ2) is 19.5. The van der Waals surface area contributed by atoms with Crippen LogP contribution in [-0.2, 0) is 29.0 Å². The van der Waals surface area contributed by atoms with Gasteiger partial charge in [0, 0.05) is 55.9 Å². The van der Waals surface area contributed by atoms with Crippen molar-refractivity contribution in [1.82, 2.24) is 29.5 Å². The second-order valence-electron chi connectivity index (χ2n) is 13.5. The van der Waals surface area contributed by atoms with E-state index < -0.39 is 21.7 Å². The van der Waals surface area contributed by atoms with Gasteiger partial charge in [0.1, 0.15) is 11.2 Å². The summed E-state index contributed by atoms with van der Waals surface area (Å²) in [5.74, 6) is 0.569. The number of hydrogen-bond acceptors (Lipinski definition) is 12. The summed E-state index contributed by atoms with van der Waals surface area (Å²) in [6.45, 7) is 10.5. The normalized spacial score (nSPS) is 16.7. The summed E-state index contributed by atoms with van der Waals surface area (Å²) in [5.41, 5.74) is 0.102. The lowest BCUT2D eigenvalue weighted by molar-refractivity contribution is 0.0145. The van der Waals surface area contributed by atoms with Crippen LogP contribution in [0.5, 0.6) is 0 Å². The van der Waals surface area contributed by atoms with E-state index >= 15 is 0 Å². The minimum atomic E-state index is -3.34. The van der Waals surface area contributed by atoms with E-state index in [0.29, 0.717) is 103 Å². The molecule has 1 amide bonds. The summed E-state index contributed by atoms with van der Waals surface area (Å²) in [7, 11) is -3.34. The van der Waals surface area contributed by atoms with Gasteiger partial charge in [-0.25, -0.2) is 22.5 Å². The van der Waals surface area contributed by atoms with Gasteiger partial charge in [-0.05, 0) is 65.5 Å². The lowest BCUT2D eigenvalue weighted by Gasteiger charge is -2.31. The van der Waals surface area contributed by atoms with Gasteiger partial charge < -0.3 is 34.9 Å². The molecule has 49 heavy (non-hydrogen) atoms. The molecule has 15 nitrogen and oxygen atoms in total. The number of nitrogens with zero attached hydrogens (tertiary/aromatic N) is 4. The van der Waals surface area contributed by atoms with Gasteiger partial charge in [-0.3, -0.25) is 9.36 Å². The second-order valence-corrected chi connectivity index (χ2v) is 15.5. The van der Waals surface area contributed by atoms with Crippen LogP contribution < -0.4 is 21.5 Å². The van der Waals surface area contributed by atoms with Crippen molar-refractivity contribution < 1.29 is 32.2 Å². The lowest BCUT2D eigenvalue weighted by Crippen LogP contribution is -2.43. The van der Waals surface area contributed by atoms with Crippen molar-refractivity contribution in [2.45, 2.75) is 83.4 Å². The van der Waals surface area contributed by atoms with Crippen LogP contribution in [0.25, 0.3) is 11.0 Å². The Labute approximate surface area is 289 Å². The van der Waals surface area contributed by atoms with E-state index in [4.69, 9.17) is 23.9 Å². The Bertz CT molecular complexity index is 1470. The molecule has 2 aliphatic rings. The number of pyridine rings is 1. The maximum Gasteiger partial charge on any atom is 0.407 e. The number of ether oxygens (including phenoxy) is 4. The van der Waals surface area contributed by atoms with Gasteiger partial charge in [-0.1, -0.05) is 12.8 Å².